The van der Waals surface area contributed by atoms with E-state index in [1.165, 1.54) is 9.88 Å². The highest BCUT2D eigenvalue weighted by Gasteiger charge is 2.22. The number of nitrogens with zero attached hydrogens (tertiary/aromatic N) is 4. The molecular weight excluding hydrogens is 350 g/mol. The molecule has 0 radical (unpaired) electrons. The summed E-state index contributed by atoms with van der Waals surface area (Å²) in [6.07, 6.45) is 0. The summed E-state index contributed by atoms with van der Waals surface area (Å²) in [5, 5.41) is 9.24. The van der Waals surface area contributed by atoms with E-state index in [0.717, 1.165) is 38.7 Å². The largest absolute Gasteiger partial charge is 0.360 e. The Labute approximate surface area is 158 Å². The minimum atomic E-state index is 0.365. The van der Waals surface area contributed by atoms with Crippen LogP contribution in [0.15, 0.2) is 40.0 Å². The Balaban J connectivity index is 1.54. The first-order valence-electron chi connectivity index (χ1n) is 8.63. The monoisotopic (exact) mass is 377 g/mol. The Morgan fingerprint density at radius 2 is 1.88 bits per heavy atom. The summed E-state index contributed by atoms with van der Waals surface area (Å²) in [4.78, 5) is 13.0. The smallest absolute Gasteiger partial charge is 0.193 e. The Bertz CT molecular complexity index is 643. The van der Waals surface area contributed by atoms with Crippen LogP contribution in [0, 0.1) is 0 Å². The molecule has 0 aliphatic carbocycles. The van der Waals surface area contributed by atoms with E-state index in [-0.39, 0.29) is 0 Å². The van der Waals surface area contributed by atoms with Crippen molar-refractivity contribution in [2.45, 2.75) is 6.04 Å². The van der Waals surface area contributed by atoms with Crippen LogP contribution in [-0.4, -0.2) is 69.6 Å². The third-order valence-corrected chi connectivity index (χ3v) is 6.46. The van der Waals surface area contributed by atoms with Crippen LogP contribution in [0.5, 0.6) is 0 Å². The number of rotatable bonds is 5. The lowest BCUT2D eigenvalue weighted by molar-refractivity contribution is 0.296. The summed E-state index contributed by atoms with van der Waals surface area (Å²) in [7, 11) is 6.15. The van der Waals surface area contributed by atoms with Crippen LogP contribution in [0.4, 0.5) is 5.00 Å². The number of piperazine rings is 1. The van der Waals surface area contributed by atoms with E-state index in [9.17, 15) is 0 Å². The molecule has 3 rings (SSSR count). The van der Waals surface area contributed by atoms with Crippen molar-refractivity contribution in [2.24, 2.45) is 4.99 Å². The van der Waals surface area contributed by atoms with Crippen molar-refractivity contribution in [1.29, 1.82) is 0 Å². The normalized spacial score (nSPS) is 17.2. The molecule has 0 bridgehead atoms. The first kappa shape index (κ1) is 18.2. The summed E-state index contributed by atoms with van der Waals surface area (Å²) in [5.74, 6) is 1.01. The van der Waals surface area contributed by atoms with E-state index < -0.39 is 0 Å². The number of thiophene rings is 2. The maximum Gasteiger partial charge on any atom is 0.193 e. The number of aliphatic imine (C=N–C) groups is 1. The predicted octanol–water partition coefficient (Wildman–Crippen LogP) is 2.81. The molecule has 2 aromatic rings. The van der Waals surface area contributed by atoms with Gasteiger partial charge in [-0.2, -0.15) is 0 Å². The van der Waals surface area contributed by atoms with Gasteiger partial charge in [-0.15, -0.1) is 22.7 Å². The molecule has 1 unspecified atom stereocenters. The number of anilines is 1. The maximum atomic E-state index is 4.51. The van der Waals surface area contributed by atoms with Crippen molar-refractivity contribution in [3.05, 3.63) is 39.9 Å². The standard InChI is InChI=1S/C18H27N5S2/c1-19-18(20-14-15(21(2)3)16-6-4-12-24-16)23-10-8-22(9-11-23)17-7-5-13-25-17/h4-7,12-13,15H,8-11,14H2,1-3H3,(H,19,20). The van der Waals surface area contributed by atoms with Gasteiger partial charge in [0.2, 0.25) is 0 Å². The molecule has 1 aliphatic rings. The molecule has 136 valence electrons. The molecular formula is C18H27N5S2. The van der Waals surface area contributed by atoms with Crippen LogP contribution in [0.2, 0.25) is 0 Å². The van der Waals surface area contributed by atoms with E-state index in [4.69, 9.17) is 0 Å². The molecule has 7 heteroatoms. The minimum Gasteiger partial charge on any atom is -0.360 e. The maximum absolute atomic E-state index is 4.51. The van der Waals surface area contributed by atoms with Crippen LogP contribution < -0.4 is 10.2 Å². The van der Waals surface area contributed by atoms with Gasteiger partial charge in [-0.3, -0.25) is 4.99 Å². The molecule has 3 heterocycles. The second-order valence-corrected chi connectivity index (χ2v) is 8.25. The number of guanidine groups is 1. The third kappa shape index (κ3) is 4.54. The van der Waals surface area contributed by atoms with Gasteiger partial charge in [-0.05, 0) is 43.1 Å². The molecule has 1 N–H and O–H groups in total. The molecule has 0 spiro atoms. The third-order valence-electron chi connectivity index (χ3n) is 4.56. The van der Waals surface area contributed by atoms with E-state index in [1.807, 2.05) is 29.7 Å². The summed E-state index contributed by atoms with van der Waals surface area (Å²) >= 11 is 3.63. The lowest BCUT2D eigenvalue weighted by Gasteiger charge is -2.37. The molecule has 1 saturated heterocycles. The van der Waals surface area contributed by atoms with Crippen LogP contribution in [0.25, 0.3) is 0 Å². The second-order valence-electron chi connectivity index (χ2n) is 6.35. The highest BCUT2D eigenvalue weighted by atomic mass is 32.1. The number of hydrogen-bond acceptors (Lipinski definition) is 5. The van der Waals surface area contributed by atoms with Crippen molar-refractivity contribution >= 4 is 33.6 Å². The molecule has 0 saturated carbocycles. The summed E-state index contributed by atoms with van der Waals surface area (Å²) in [6, 6.07) is 9.02. The van der Waals surface area contributed by atoms with Crippen LogP contribution >= 0.6 is 22.7 Å². The fraction of sp³-hybridized carbons (Fsp3) is 0.500. The average Bonchev–Trinajstić information content (AvgIpc) is 3.32. The second kappa shape index (κ2) is 8.69. The molecule has 1 aliphatic heterocycles. The lowest BCUT2D eigenvalue weighted by atomic mass is 10.2. The van der Waals surface area contributed by atoms with Gasteiger partial charge in [-0.25, -0.2) is 0 Å². The van der Waals surface area contributed by atoms with Crippen molar-refractivity contribution in [2.75, 3.05) is 58.8 Å². The zero-order valence-electron chi connectivity index (χ0n) is 15.2. The fourth-order valence-electron chi connectivity index (χ4n) is 3.13. The fourth-order valence-corrected chi connectivity index (χ4v) is 4.84. The zero-order chi connectivity index (χ0) is 17.6. The van der Waals surface area contributed by atoms with Gasteiger partial charge >= 0.3 is 0 Å². The van der Waals surface area contributed by atoms with Crippen LogP contribution in [0.3, 0.4) is 0 Å². The van der Waals surface area contributed by atoms with Crippen molar-refractivity contribution < 1.29 is 0 Å². The van der Waals surface area contributed by atoms with Gasteiger partial charge in [0.15, 0.2) is 5.96 Å². The van der Waals surface area contributed by atoms with E-state index >= 15 is 0 Å². The summed E-state index contributed by atoms with van der Waals surface area (Å²) in [6.45, 7) is 4.96. The van der Waals surface area contributed by atoms with Gasteiger partial charge < -0.3 is 20.0 Å². The van der Waals surface area contributed by atoms with E-state index in [0.29, 0.717) is 6.04 Å². The number of hydrogen-bond donors (Lipinski definition) is 1. The quantitative estimate of drug-likeness (QED) is 0.642. The van der Waals surface area contributed by atoms with Crippen molar-refractivity contribution in [3.63, 3.8) is 0 Å². The zero-order valence-corrected chi connectivity index (χ0v) is 16.8. The molecule has 5 nitrogen and oxygen atoms in total. The van der Waals surface area contributed by atoms with E-state index in [2.05, 4.69) is 74.1 Å². The topological polar surface area (TPSA) is 34.1 Å². The highest BCUT2D eigenvalue weighted by molar-refractivity contribution is 7.14. The molecule has 2 aromatic heterocycles. The van der Waals surface area contributed by atoms with Gasteiger partial charge in [0.05, 0.1) is 11.0 Å². The van der Waals surface area contributed by atoms with Gasteiger partial charge in [-0.1, -0.05) is 6.07 Å². The molecule has 25 heavy (non-hydrogen) atoms. The molecule has 0 amide bonds. The summed E-state index contributed by atoms with van der Waals surface area (Å²) < 4.78 is 0. The Kier molecular flexibility index (Phi) is 6.34. The Morgan fingerprint density at radius 1 is 1.16 bits per heavy atom. The van der Waals surface area contributed by atoms with Crippen LogP contribution in [0.1, 0.15) is 10.9 Å². The summed E-state index contributed by atoms with van der Waals surface area (Å²) in [5.41, 5.74) is 0. The Hall–Kier alpha value is -1.57. The van der Waals surface area contributed by atoms with Crippen LogP contribution in [-0.2, 0) is 0 Å². The van der Waals surface area contributed by atoms with Gasteiger partial charge in [0.25, 0.3) is 0 Å². The Morgan fingerprint density at radius 3 is 2.44 bits per heavy atom. The highest BCUT2D eigenvalue weighted by Crippen LogP contribution is 2.23. The first-order chi connectivity index (χ1) is 12.2. The van der Waals surface area contributed by atoms with Crippen molar-refractivity contribution in [3.8, 4) is 0 Å². The lowest BCUT2D eigenvalue weighted by Crippen LogP contribution is -2.53. The molecule has 1 atom stereocenters. The van der Waals surface area contributed by atoms with Gasteiger partial charge in [0, 0.05) is 44.6 Å². The molecule has 0 aromatic carbocycles. The first-order valence-corrected chi connectivity index (χ1v) is 10.4. The predicted molar refractivity (Wildman–Crippen MR) is 110 cm³/mol. The van der Waals surface area contributed by atoms with E-state index in [1.54, 1.807) is 0 Å². The minimum absolute atomic E-state index is 0.365. The molecule has 1 fully saturated rings. The SMILES string of the molecule is CN=C(NCC(c1cccs1)N(C)C)N1CCN(c2cccs2)CC1. The van der Waals surface area contributed by atoms with Gasteiger partial charge in [0.1, 0.15) is 0 Å². The number of nitrogens with one attached hydrogen (secondary N) is 1. The average molecular weight is 378 g/mol. The van der Waals surface area contributed by atoms with Crippen molar-refractivity contribution in [1.82, 2.24) is 15.1 Å². The number of likely N-dealkylation sites (N-methyl/N-ethyl adjacent to an activating group) is 1.